The Hall–Kier alpha value is -2.83. The van der Waals surface area contributed by atoms with Crippen molar-refractivity contribution < 1.29 is 26.8 Å². The van der Waals surface area contributed by atoms with E-state index >= 15 is 0 Å². The molecular weight excluding hydrogens is 491 g/mol. The molecule has 4 N–H and O–H groups in total. The number of pyridine rings is 1. The van der Waals surface area contributed by atoms with E-state index in [4.69, 9.17) is 10.2 Å². The van der Waals surface area contributed by atoms with E-state index < -0.39 is 35.8 Å². The number of nitrogens with one attached hydrogen (secondary N) is 2. The van der Waals surface area contributed by atoms with Crippen molar-refractivity contribution in [3.05, 3.63) is 48.0 Å². The summed E-state index contributed by atoms with van der Waals surface area (Å²) in [5.41, 5.74) is 10.8. The monoisotopic (exact) mass is 524 g/mol. The number of hydrogen-bond acceptors (Lipinski definition) is 7. The number of aromatic nitrogens is 1. The molecule has 0 atom stereocenters. The summed E-state index contributed by atoms with van der Waals surface area (Å²) in [5.74, 6) is -1.93. The molecule has 192 valence electrons. The average molecular weight is 525 g/mol. The predicted octanol–water partition coefficient (Wildman–Crippen LogP) is 3.59. The van der Waals surface area contributed by atoms with Gasteiger partial charge >= 0.3 is 0 Å². The number of nitrogens with two attached hydrogens (primary N) is 1. The molecule has 1 heterocycles. The van der Waals surface area contributed by atoms with Gasteiger partial charge in [-0.15, -0.1) is 0 Å². The number of halogens is 1. The number of benzene rings is 1. The maximum atomic E-state index is 13.1. The molecule has 0 aliphatic heterocycles. The van der Waals surface area contributed by atoms with Gasteiger partial charge < -0.3 is 10.2 Å². The first-order chi connectivity index (χ1) is 16.2. The first-order valence-corrected chi connectivity index (χ1v) is 14.8. The van der Waals surface area contributed by atoms with Gasteiger partial charge in [-0.2, -0.15) is 0 Å². The van der Waals surface area contributed by atoms with Crippen LogP contribution in [-0.4, -0.2) is 40.1 Å². The molecule has 2 aromatic rings. The molecule has 0 bridgehead atoms. The summed E-state index contributed by atoms with van der Waals surface area (Å²) < 4.78 is 44.7. The maximum absolute atomic E-state index is 13.1. The highest BCUT2D eigenvalue weighted by atomic mass is 32.2. The van der Waals surface area contributed by atoms with Gasteiger partial charge in [0.05, 0.1) is 15.5 Å². The lowest BCUT2D eigenvalue weighted by atomic mass is 10.3. The van der Waals surface area contributed by atoms with Crippen LogP contribution in [0.5, 0.6) is 0 Å². The molecule has 0 saturated heterocycles. The van der Waals surface area contributed by atoms with Crippen LogP contribution < -0.4 is 16.6 Å². The molecule has 35 heavy (non-hydrogen) atoms. The number of carbonyl (C=O) groups excluding carboxylic acids is 2. The van der Waals surface area contributed by atoms with Gasteiger partial charge in [0.15, 0.2) is 5.69 Å². The quantitative estimate of drug-likeness (QED) is 0.259. The van der Waals surface area contributed by atoms with Gasteiger partial charge in [-0.25, -0.2) is 17.8 Å². The van der Waals surface area contributed by atoms with Crippen LogP contribution in [0.2, 0.25) is 16.6 Å². The van der Waals surface area contributed by atoms with Crippen LogP contribution in [0.1, 0.15) is 52.0 Å². The van der Waals surface area contributed by atoms with Crippen LogP contribution in [-0.2, 0) is 19.1 Å². The van der Waals surface area contributed by atoms with Gasteiger partial charge in [-0.1, -0.05) is 41.5 Å². The predicted molar refractivity (Wildman–Crippen MR) is 133 cm³/mol. The fourth-order valence-electron chi connectivity index (χ4n) is 4.46. The Balaban J connectivity index is 2.07. The van der Waals surface area contributed by atoms with Crippen molar-refractivity contribution in [2.24, 2.45) is 0 Å². The molecule has 2 amide bonds. The Kier molecular flexibility index (Phi) is 9.15. The molecule has 0 aliphatic carbocycles. The second-order valence-electron chi connectivity index (χ2n) is 9.17. The number of anilines is 1. The van der Waals surface area contributed by atoms with Crippen molar-refractivity contribution in [1.29, 1.82) is 0 Å². The molecule has 2 rings (SSSR count). The van der Waals surface area contributed by atoms with Crippen molar-refractivity contribution in [2.45, 2.75) is 68.0 Å². The third-order valence-corrected chi connectivity index (χ3v) is 13.8. The molecular formula is C23H33FN4O5SSi. The van der Waals surface area contributed by atoms with E-state index in [0.717, 1.165) is 36.5 Å². The SMILES string of the molecule is CC(C)[Si](OCC(=O)NNC(=O)c1ncc(S(=O)(=O)c2ccc(F)cc2)cc1N)(C(C)C)C(C)C. The van der Waals surface area contributed by atoms with Gasteiger partial charge in [0.25, 0.3) is 11.8 Å². The van der Waals surface area contributed by atoms with E-state index in [1.807, 2.05) is 0 Å². The topological polar surface area (TPSA) is 140 Å². The molecule has 1 aromatic carbocycles. The first-order valence-electron chi connectivity index (χ1n) is 11.2. The second-order valence-corrected chi connectivity index (χ2v) is 16.6. The van der Waals surface area contributed by atoms with Crippen LogP contribution >= 0.6 is 0 Å². The minimum Gasteiger partial charge on any atom is -0.407 e. The van der Waals surface area contributed by atoms with Crippen molar-refractivity contribution in [2.75, 3.05) is 12.3 Å². The zero-order chi connectivity index (χ0) is 26.6. The summed E-state index contributed by atoms with van der Waals surface area (Å²) in [5, 5.41) is 0. The molecule has 0 fully saturated rings. The van der Waals surface area contributed by atoms with E-state index in [9.17, 15) is 22.4 Å². The van der Waals surface area contributed by atoms with E-state index in [0.29, 0.717) is 16.6 Å². The highest BCUT2D eigenvalue weighted by Gasteiger charge is 2.45. The van der Waals surface area contributed by atoms with E-state index in [2.05, 4.69) is 57.4 Å². The third-order valence-electron chi connectivity index (χ3n) is 6.02. The Morgan fingerprint density at radius 1 is 1.00 bits per heavy atom. The summed E-state index contributed by atoms with van der Waals surface area (Å²) in [4.78, 5) is 28.3. The normalized spacial score (nSPS) is 12.3. The number of carbonyl (C=O) groups is 2. The largest absolute Gasteiger partial charge is 0.407 e. The first kappa shape index (κ1) is 28.4. The number of nitrogen functional groups attached to an aromatic ring is 1. The molecule has 0 radical (unpaired) electrons. The fourth-order valence-corrected chi connectivity index (χ4v) is 11.1. The molecule has 12 heteroatoms. The van der Waals surface area contributed by atoms with Gasteiger partial charge in [0.2, 0.25) is 18.2 Å². The number of amides is 2. The molecule has 1 aromatic heterocycles. The van der Waals surface area contributed by atoms with E-state index in [1.54, 1.807) is 0 Å². The summed E-state index contributed by atoms with van der Waals surface area (Å²) in [6, 6.07) is 5.37. The van der Waals surface area contributed by atoms with Crippen molar-refractivity contribution in [3.63, 3.8) is 0 Å². The average Bonchev–Trinajstić information content (AvgIpc) is 2.77. The smallest absolute Gasteiger partial charge is 0.290 e. The molecule has 0 unspecified atom stereocenters. The summed E-state index contributed by atoms with van der Waals surface area (Å²) in [6.45, 7) is 12.4. The minimum absolute atomic E-state index is 0.145. The number of rotatable bonds is 9. The van der Waals surface area contributed by atoms with E-state index in [1.165, 1.54) is 0 Å². The Morgan fingerprint density at radius 3 is 2.03 bits per heavy atom. The fraction of sp³-hybridized carbons (Fsp3) is 0.435. The van der Waals surface area contributed by atoms with E-state index in [-0.39, 0.29) is 27.8 Å². The van der Waals surface area contributed by atoms with Crippen LogP contribution in [0, 0.1) is 5.82 Å². The number of hydrazine groups is 1. The molecule has 9 nitrogen and oxygen atoms in total. The van der Waals surface area contributed by atoms with Crippen LogP contribution in [0.25, 0.3) is 0 Å². The summed E-state index contributed by atoms with van der Waals surface area (Å²) in [7, 11) is -6.27. The molecule has 0 aliphatic rings. The van der Waals surface area contributed by atoms with Gasteiger partial charge in [-0.05, 0) is 47.0 Å². The lowest BCUT2D eigenvalue weighted by Gasteiger charge is -2.41. The Bertz CT molecular complexity index is 1150. The molecule has 0 spiro atoms. The van der Waals surface area contributed by atoms with Gasteiger partial charge in [0, 0.05) is 6.20 Å². The number of sulfone groups is 1. The Morgan fingerprint density at radius 2 is 1.54 bits per heavy atom. The zero-order valence-electron chi connectivity index (χ0n) is 20.8. The summed E-state index contributed by atoms with van der Waals surface area (Å²) in [6.07, 6.45) is 0.975. The summed E-state index contributed by atoms with van der Waals surface area (Å²) >= 11 is 0. The highest BCUT2D eigenvalue weighted by molar-refractivity contribution is 7.91. The van der Waals surface area contributed by atoms with Gasteiger partial charge in [0.1, 0.15) is 12.4 Å². The van der Waals surface area contributed by atoms with Crippen LogP contribution in [0.3, 0.4) is 0 Å². The lowest BCUT2D eigenvalue weighted by molar-refractivity contribution is -0.124. The minimum atomic E-state index is -4.01. The standard InChI is InChI=1S/C23H33FN4O5SSi/c1-14(2)35(15(3)4,16(5)6)33-13-21(29)27-28-23(30)22-20(25)11-19(12-26-22)34(31,32)18-9-7-17(24)8-10-18/h7-12,14-16H,13,25H2,1-6H3,(H,27,29)(H,28,30). The maximum Gasteiger partial charge on any atom is 0.290 e. The number of nitrogens with zero attached hydrogens (tertiary/aromatic N) is 1. The van der Waals surface area contributed by atoms with Crippen molar-refractivity contribution >= 4 is 35.7 Å². The lowest BCUT2D eigenvalue weighted by Crippen LogP contribution is -2.51. The van der Waals surface area contributed by atoms with Crippen LogP contribution in [0.15, 0.2) is 46.3 Å². The van der Waals surface area contributed by atoms with Crippen molar-refractivity contribution in [1.82, 2.24) is 15.8 Å². The Labute approximate surface area is 206 Å². The second kappa shape index (κ2) is 11.3. The zero-order valence-corrected chi connectivity index (χ0v) is 22.6. The third kappa shape index (κ3) is 6.24. The van der Waals surface area contributed by atoms with Crippen LogP contribution in [0.4, 0.5) is 10.1 Å². The van der Waals surface area contributed by atoms with Crippen molar-refractivity contribution in [3.8, 4) is 0 Å². The number of hydrogen-bond donors (Lipinski definition) is 3. The highest BCUT2D eigenvalue weighted by Crippen LogP contribution is 2.42. The van der Waals surface area contributed by atoms with Gasteiger partial charge in [-0.3, -0.25) is 20.4 Å². The molecule has 0 saturated carbocycles.